The normalized spacial score (nSPS) is 12.5. The first-order valence-electron chi connectivity index (χ1n) is 6.30. The van der Waals surface area contributed by atoms with Gasteiger partial charge in [-0.25, -0.2) is 18.4 Å². The summed E-state index contributed by atoms with van der Waals surface area (Å²) < 4.78 is 37.0. The van der Waals surface area contributed by atoms with Gasteiger partial charge in [-0.2, -0.15) is 0 Å². The first-order chi connectivity index (χ1) is 10.0. The van der Waals surface area contributed by atoms with Crippen LogP contribution in [0.15, 0.2) is 12.1 Å². The average Bonchev–Trinajstić information content (AvgIpc) is 2.36. The molecule has 1 amide bonds. The number of carbonyl (C=O) groups is 2. The van der Waals surface area contributed by atoms with Gasteiger partial charge in [0.05, 0.1) is 7.11 Å². The third-order valence-electron chi connectivity index (χ3n) is 2.49. The molecule has 0 aliphatic heterocycles. The molecule has 1 rings (SSSR count). The largest absolute Gasteiger partial charge is 0.494 e. The molecule has 1 aromatic carbocycles. The van der Waals surface area contributed by atoms with E-state index in [1.165, 1.54) is 0 Å². The highest BCUT2D eigenvalue weighted by atomic mass is 19.1. The maximum atomic E-state index is 13.9. The van der Waals surface area contributed by atoms with Crippen LogP contribution in [0, 0.1) is 11.6 Å². The van der Waals surface area contributed by atoms with E-state index in [4.69, 9.17) is 9.84 Å². The molecule has 0 aromatic heterocycles. The van der Waals surface area contributed by atoms with Crippen LogP contribution in [0.2, 0.25) is 0 Å². The van der Waals surface area contributed by atoms with Crippen LogP contribution in [0.3, 0.4) is 0 Å². The van der Waals surface area contributed by atoms with Gasteiger partial charge in [0.25, 0.3) is 0 Å². The Balaban J connectivity index is 3.09. The van der Waals surface area contributed by atoms with E-state index in [0.717, 1.165) is 7.11 Å². The van der Waals surface area contributed by atoms with Crippen molar-refractivity contribution in [2.45, 2.75) is 32.4 Å². The van der Waals surface area contributed by atoms with Crippen LogP contribution in [0.1, 0.15) is 32.4 Å². The molecule has 122 valence electrons. The second kappa shape index (κ2) is 6.59. The van der Waals surface area contributed by atoms with Gasteiger partial charge in [0, 0.05) is 11.6 Å². The molecule has 0 aliphatic rings. The summed E-state index contributed by atoms with van der Waals surface area (Å²) in [5.74, 6) is -3.91. The van der Waals surface area contributed by atoms with Crippen LogP contribution >= 0.6 is 0 Å². The minimum Gasteiger partial charge on any atom is -0.494 e. The predicted molar refractivity (Wildman–Crippen MR) is 72.7 cm³/mol. The number of aliphatic carboxylic acids is 1. The average molecular weight is 317 g/mol. The summed E-state index contributed by atoms with van der Waals surface area (Å²) in [6, 6.07) is -0.433. The van der Waals surface area contributed by atoms with Gasteiger partial charge in [-0.15, -0.1) is 0 Å². The Morgan fingerprint density at radius 1 is 1.23 bits per heavy atom. The molecule has 6 nitrogen and oxygen atoms in total. The predicted octanol–water partition coefficient (Wildman–Crippen LogP) is 2.62. The van der Waals surface area contributed by atoms with Crippen molar-refractivity contribution in [2.75, 3.05) is 7.11 Å². The first kappa shape index (κ1) is 17.7. The molecule has 0 bridgehead atoms. The van der Waals surface area contributed by atoms with Crippen molar-refractivity contribution in [2.24, 2.45) is 0 Å². The smallest absolute Gasteiger partial charge is 0.408 e. The molecule has 22 heavy (non-hydrogen) atoms. The summed E-state index contributed by atoms with van der Waals surface area (Å²) in [5.41, 5.74) is -1.41. The van der Waals surface area contributed by atoms with Crippen molar-refractivity contribution in [3.05, 3.63) is 29.3 Å². The second-order valence-electron chi connectivity index (χ2n) is 5.43. The Bertz CT molecular complexity index is 583. The molecule has 8 heteroatoms. The fraction of sp³-hybridized carbons (Fsp3) is 0.429. The van der Waals surface area contributed by atoms with Gasteiger partial charge in [-0.3, -0.25) is 0 Å². The van der Waals surface area contributed by atoms with Gasteiger partial charge >= 0.3 is 12.1 Å². The van der Waals surface area contributed by atoms with E-state index in [-0.39, 0.29) is 5.75 Å². The molecular formula is C14H17F2NO5. The number of carbonyl (C=O) groups excluding carboxylic acids is 1. The van der Waals surface area contributed by atoms with Crippen molar-refractivity contribution in [3.8, 4) is 5.75 Å². The van der Waals surface area contributed by atoms with Gasteiger partial charge in [0.1, 0.15) is 11.4 Å². The third kappa shape index (κ3) is 4.57. The van der Waals surface area contributed by atoms with Gasteiger partial charge in [0.2, 0.25) is 0 Å². The van der Waals surface area contributed by atoms with E-state index in [1.54, 1.807) is 20.8 Å². The van der Waals surface area contributed by atoms with Crippen molar-refractivity contribution < 1.29 is 33.0 Å². The quantitative estimate of drug-likeness (QED) is 0.891. The van der Waals surface area contributed by atoms with Crippen LogP contribution in [-0.4, -0.2) is 29.9 Å². The monoisotopic (exact) mass is 317 g/mol. The van der Waals surface area contributed by atoms with E-state index < -0.39 is 40.9 Å². The molecule has 0 radical (unpaired) electrons. The minimum atomic E-state index is -1.80. The van der Waals surface area contributed by atoms with Crippen LogP contribution in [0.4, 0.5) is 13.6 Å². The number of rotatable bonds is 4. The number of amides is 1. The first-order valence-corrected chi connectivity index (χ1v) is 6.30. The van der Waals surface area contributed by atoms with E-state index in [1.807, 2.05) is 5.32 Å². The molecule has 0 heterocycles. The lowest BCUT2D eigenvalue weighted by Crippen LogP contribution is -2.38. The molecule has 0 spiro atoms. The number of carboxylic acids is 1. The lowest BCUT2D eigenvalue weighted by atomic mass is 10.1. The molecule has 1 unspecified atom stereocenters. The Labute approximate surface area is 126 Å². The zero-order valence-electron chi connectivity index (χ0n) is 12.6. The number of nitrogens with one attached hydrogen (secondary N) is 1. The topological polar surface area (TPSA) is 84.9 Å². The van der Waals surface area contributed by atoms with E-state index in [9.17, 15) is 18.4 Å². The highest BCUT2D eigenvalue weighted by Gasteiger charge is 2.29. The highest BCUT2D eigenvalue weighted by Crippen LogP contribution is 2.26. The molecule has 1 atom stereocenters. The van der Waals surface area contributed by atoms with Crippen LogP contribution < -0.4 is 10.1 Å². The summed E-state index contributed by atoms with van der Waals surface area (Å²) in [6.07, 6.45) is -1.06. The minimum absolute atomic E-state index is 0.373. The van der Waals surface area contributed by atoms with Crippen LogP contribution in [0.5, 0.6) is 5.75 Å². The van der Waals surface area contributed by atoms with Gasteiger partial charge in [0.15, 0.2) is 17.6 Å². The number of benzene rings is 1. The zero-order valence-corrected chi connectivity index (χ0v) is 12.6. The van der Waals surface area contributed by atoms with Gasteiger partial charge in [-0.1, -0.05) is 0 Å². The maximum Gasteiger partial charge on any atom is 0.408 e. The SMILES string of the molecule is COc1cc(F)c(C(NC(=O)OC(C)(C)C)C(=O)O)cc1F. The number of methoxy groups -OCH3 is 1. The summed E-state index contributed by atoms with van der Waals surface area (Å²) in [7, 11) is 1.14. The van der Waals surface area contributed by atoms with E-state index in [0.29, 0.717) is 12.1 Å². The van der Waals surface area contributed by atoms with Crippen LogP contribution in [0.25, 0.3) is 0 Å². The lowest BCUT2D eigenvalue weighted by Gasteiger charge is -2.22. The summed E-state index contributed by atoms with van der Waals surface area (Å²) >= 11 is 0. The molecular weight excluding hydrogens is 300 g/mol. The Morgan fingerprint density at radius 2 is 1.82 bits per heavy atom. The summed E-state index contributed by atoms with van der Waals surface area (Å²) in [4.78, 5) is 22.9. The number of carboxylic acid groups (broad SMARTS) is 1. The van der Waals surface area contributed by atoms with Crippen molar-refractivity contribution >= 4 is 12.1 Å². The zero-order chi connectivity index (χ0) is 17.1. The number of ether oxygens (including phenoxy) is 2. The van der Waals surface area contributed by atoms with Gasteiger partial charge < -0.3 is 19.9 Å². The van der Waals surface area contributed by atoms with E-state index in [2.05, 4.69) is 4.74 Å². The maximum absolute atomic E-state index is 13.9. The molecule has 0 saturated heterocycles. The second-order valence-corrected chi connectivity index (χ2v) is 5.43. The summed E-state index contributed by atoms with van der Waals surface area (Å²) in [6.45, 7) is 4.74. The molecule has 0 fully saturated rings. The molecule has 1 aromatic rings. The Kier molecular flexibility index (Phi) is 5.29. The van der Waals surface area contributed by atoms with Crippen molar-refractivity contribution in [3.63, 3.8) is 0 Å². The molecule has 0 aliphatic carbocycles. The van der Waals surface area contributed by atoms with Crippen LogP contribution in [-0.2, 0) is 9.53 Å². The Hall–Kier alpha value is -2.38. The van der Waals surface area contributed by atoms with Gasteiger partial charge in [-0.05, 0) is 26.8 Å². The highest BCUT2D eigenvalue weighted by molar-refractivity contribution is 5.81. The Morgan fingerprint density at radius 3 is 2.27 bits per heavy atom. The lowest BCUT2D eigenvalue weighted by molar-refractivity contribution is -0.139. The number of halogens is 2. The molecule has 0 saturated carbocycles. The number of hydrogen-bond acceptors (Lipinski definition) is 4. The fourth-order valence-electron chi connectivity index (χ4n) is 1.62. The fourth-order valence-corrected chi connectivity index (χ4v) is 1.62. The molecule has 2 N–H and O–H groups in total. The third-order valence-corrected chi connectivity index (χ3v) is 2.49. The number of alkyl carbamates (subject to hydrolysis) is 1. The van der Waals surface area contributed by atoms with E-state index >= 15 is 0 Å². The van der Waals surface area contributed by atoms with Crippen molar-refractivity contribution in [1.82, 2.24) is 5.32 Å². The van der Waals surface area contributed by atoms with Crippen molar-refractivity contribution in [1.29, 1.82) is 0 Å². The summed E-state index contributed by atoms with van der Waals surface area (Å²) in [5, 5.41) is 11.1. The standard InChI is InChI=1S/C14H17F2NO5/c1-14(2,3)22-13(20)17-11(12(18)19)7-5-9(16)10(21-4)6-8(7)15/h5-6,11H,1-4H3,(H,17,20)(H,18,19). The number of hydrogen-bond donors (Lipinski definition) is 2.